The van der Waals surface area contributed by atoms with Crippen molar-refractivity contribution in [3.8, 4) is 0 Å². The van der Waals surface area contributed by atoms with Gasteiger partial charge >= 0.3 is 0 Å². The van der Waals surface area contributed by atoms with Crippen molar-refractivity contribution in [1.82, 2.24) is 0 Å². The number of hydrogen-bond donors (Lipinski definition) is 0. The first-order chi connectivity index (χ1) is 7.54. The van der Waals surface area contributed by atoms with Gasteiger partial charge in [0.25, 0.3) is 0 Å². The molecule has 0 saturated heterocycles. The van der Waals surface area contributed by atoms with Gasteiger partial charge in [0.2, 0.25) is 0 Å². The molecule has 0 amide bonds. The second kappa shape index (κ2) is 9.59. The number of Topliss-reactive ketones (excluding diaryl/α,β-unsaturated/α-hetero) is 1. The van der Waals surface area contributed by atoms with E-state index in [1.165, 1.54) is 12.8 Å². The van der Waals surface area contributed by atoms with E-state index in [-0.39, 0.29) is 5.78 Å². The number of carbonyl (C=O) groups excluding carboxylic acids is 1. The Balaban J connectivity index is 3.16. The summed E-state index contributed by atoms with van der Waals surface area (Å²) in [4.78, 5) is 11.2. The summed E-state index contributed by atoms with van der Waals surface area (Å²) in [5.74, 6) is 0.211. The zero-order valence-corrected chi connectivity index (χ0v) is 11.1. The first-order valence-corrected chi connectivity index (χ1v) is 6.34. The van der Waals surface area contributed by atoms with E-state index in [0.29, 0.717) is 18.1 Å². The Hall–Kier alpha value is -0.630. The summed E-state index contributed by atoms with van der Waals surface area (Å²) in [6.45, 7) is 10.4. The van der Waals surface area contributed by atoms with E-state index in [9.17, 15) is 4.79 Å². The zero-order valence-electron chi connectivity index (χ0n) is 11.1. The number of carbonyl (C=O) groups is 1. The van der Waals surface area contributed by atoms with Crippen LogP contribution in [0.15, 0.2) is 12.2 Å². The third-order valence-electron chi connectivity index (χ3n) is 2.48. The van der Waals surface area contributed by atoms with Crippen molar-refractivity contribution in [2.45, 2.75) is 65.4 Å². The lowest BCUT2D eigenvalue weighted by molar-refractivity contribution is -0.115. The SMILES string of the molecule is C=C(C)C(=O)CCCCCCCOC(C)C. The maximum absolute atomic E-state index is 11.2. The Bertz CT molecular complexity index is 207. The Kier molecular flexibility index (Phi) is 9.21. The molecule has 0 heterocycles. The molecule has 0 saturated carbocycles. The molecule has 16 heavy (non-hydrogen) atoms. The van der Waals surface area contributed by atoms with Crippen molar-refractivity contribution < 1.29 is 9.53 Å². The zero-order chi connectivity index (χ0) is 12.4. The summed E-state index contributed by atoms with van der Waals surface area (Å²) in [6, 6.07) is 0. The van der Waals surface area contributed by atoms with Gasteiger partial charge in [-0.25, -0.2) is 0 Å². The topological polar surface area (TPSA) is 26.3 Å². The summed E-state index contributed by atoms with van der Waals surface area (Å²) in [5, 5.41) is 0. The van der Waals surface area contributed by atoms with Gasteiger partial charge in [-0.2, -0.15) is 0 Å². The lowest BCUT2D eigenvalue weighted by Crippen LogP contribution is -2.03. The molecule has 94 valence electrons. The molecular formula is C14H26O2. The standard InChI is InChI=1S/C14H26O2/c1-12(2)14(15)10-8-6-5-7-9-11-16-13(3)4/h13H,1,5-11H2,2-4H3. The van der Waals surface area contributed by atoms with Gasteiger partial charge in [0.05, 0.1) is 6.10 Å². The molecule has 0 aromatic carbocycles. The third kappa shape index (κ3) is 9.91. The van der Waals surface area contributed by atoms with Crippen LogP contribution in [0.5, 0.6) is 0 Å². The van der Waals surface area contributed by atoms with E-state index < -0.39 is 0 Å². The van der Waals surface area contributed by atoms with E-state index in [0.717, 1.165) is 25.9 Å². The maximum atomic E-state index is 11.2. The van der Waals surface area contributed by atoms with Crippen molar-refractivity contribution in [3.05, 3.63) is 12.2 Å². The van der Waals surface area contributed by atoms with Gasteiger partial charge in [-0.1, -0.05) is 25.8 Å². The van der Waals surface area contributed by atoms with Crippen LogP contribution in [0.25, 0.3) is 0 Å². The molecule has 0 aliphatic carbocycles. The molecule has 0 aliphatic heterocycles. The summed E-state index contributed by atoms with van der Waals surface area (Å²) in [6.07, 6.45) is 6.68. The monoisotopic (exact) mass is 226 g/mol. The first kappa shape index (κ1) is 15.4. The molecule has 0 rings (SSSR count). The van der Waals surface area contributed by atoms with Crippen LogP contribution in [0.2, 0.25) is 0 Å². The molecule has 0 fully saturated rings. The Morgan fingerprint density at radius 1 is 1.12 bits per heavy atom. The Morgan fingerprint density at radius 3 is 2.25 bits per heavy atom. The summed E-state index contributed by atoms with van der Waals surface area (Å²) < 4.78 is 5.45. The number of ether oxygens (including phenoxy) is 1. The molecule has 0 spiro atoms. The number of ketones is 1. The van der Waals surface area contributed by atoms with Crippen LogP contribution in [-0.2, 0) is 9.53 Å². The molecule has 0 atom stereocenters. The highest BCUT2D eigenvalue weighted by Crippen LogP contribution is 2.08. The molecule has 0 N–H and O–H groups in total. The minimum absolute atomic E-state index is 0.211. The Morgan fingerprint density at radius 2 is 1.69 bits per heavy atom. The molecule has 0 aromatic rings. The fraction of sp³-hybridized carbons (Fsp3) is 0.786. The van der Waals surface area contributed by atoms with E-state index >= 15 is 0 Å². The van der Waals surface area contributed by atoms with Crippen LogP contribution in [0.1, 0.15) is 59.3 Å². The number of hydrogen-bond acceptors (Lipinski definition) is 2. The van der Waals surface area contributed by atoms with Gasteiger partial charge in [-0.15, -0.1) is 0 Å². The summed E-state index contributed by atoms with van der Waals surface area (Å²) >= 11 is 0. The second-order valence-electron chi connectivity index (χ2n) is 4.64. The van der Waals surface area contributed by atoms with Gasteiger partial charge in [-0.3, -0.25) is 4.79 Å². The highest BCUT2D eigenvalue weighted by Gasteiger charge is 2.01. The number of allylic oxidation sites excluding steroid dienone is 1. The molecule has 0 bridgehead atoms. The van der Waals surface area contributed by atoms with Crippen molar-refractivity contribution in [2.24, 2.45) is 0 Å². The van der Waals surface area contributed by atoms with Crippen molar-refractivity contribution in [1.29, 1.82) is 0 Å². The lowest BCUT2D eigenvalue weighted by Gasteiger charge is -2.06. The van der Waals surface area contributed by atoms with E-state index in [4.69, 9.17) is 4.74 Å². The first-order valence-electron chi connectivity index (χ1n) is 6.34. The molecular weight excluding hydrogens is 200 g/mol. The van der Waals surface area contributed by atoms with Crippen LogP contribution >= 0.6 is 0 Å². The van der Waals surface area contributed by atoms with E-state index in [1.54, 1.807) is 6.92 Å². The van der Waals surface area contributed by atoms with Gasteiger partial charge in [-0.05, 0) is 39.2 Å². The van der Waals surface area contributed by atoms with Crippen molar-refractivity contribution >= 4 is 5.78 Å². The predicted octanol–water partition coefficient (Wildman–Crippen LogP) is 3.90. The van der Waals surface area contributed by atoms with Crippen molar-refractivity contribution in [2.75, 3.05) is 6.61 Å². The molecule has 2 heteroatoms. The molecule has 0 unspecified atom stereocenters. The van der Waals surface area contributed by atoms with Crippen LogP contribution in [0.4, 0.5) is 0 Å². The second-order valence-corrected chi connectivity index (χ2v) is 4.64. The van der Waals surface area contributed by atoms with Gasteiger partial charge in [0.15, 0.2) is 5.78 Å². The average molecular weight is 226 g/mol. The van der Waals surface area contributed by atoms with Crippen LogP contribution in [0, 0.1) is 0 Å². The lowest BCUT2D eigenvalue weighted by atomic mass is 10.1. The normalized spacial score (nSPS) is 10.8. The van der Waals surface area contributed by atoms with E-state index in [2.05, 4.69) is 20.4 Å². The molecule has 0 aromatic heterocycles. The highest BCUT2D eigenvalue weighted by molar-refractivity contribution is 5.93. The van der Waals surface area contributed by atoms with Crippen LogP contribution in [-0.4, -0.2) is 18.5 Å². The summed E-state index contributed by atoms with van der Waals surface area (Å²) in [7, 11) is 0. The molecule has 0 aliphatic rings. The van der Waals surface area contributed by atoms with E-state index in [1.807, 2.05) is 0 Å². The van der Waals surface area contributed by atoms with Crippen LogP contribution < -0.4 is 0 Å². The highest BCUT2D eigenvalue weighted by atomic mass is 16.5. The fourth-order valence-electron chi connectivity index (χ4n) is 1.45. The Labute approximate surface area is 100 Å². The van der Waals surface area contributed by atoms with Gasteiger partial charge in [0, 0.05) is 13.0 Å². The fourth-order valence-corrected chi connectivity index (χ4v) is 1.45. The third-order valence-corrected chi connectivity index (χ3v) is 2.48. The minimum Gasteiger partial charge on any atom is -0.379 e. The molecule has 2 nitrogen and oxygen atoms in total. The van der Waals surface area contributed by atoms with Gasteiger partial charge < -0.3 is 4.74 Å². The quantitative estimate of drug-likeness (QED) is 0.417. The largest absolute Gasteiger partial charge is 0.379 e. The van der Waals surface area contributed by atoms with Crippen LogP contribution in [0.3, 0.4) is 0 Å². The van der Waals surface area contributed by atoms with Gasteiger partial charge in [0.1, 0.15) is 0 Å². The van der Waals surface area contributed by atoms with Crippen molar-refractivity contribution in [3.63, 3.8) is 0 Å². The average Bonchev–Trinajstić information content (AvgIpc) is 2.21. The minimum atomic E-state index is 0.211. The number of rotatable bonds is 10. The molecule has 0 radical (unpaired) electrons. The number of unbranched alkanes of at least 4 members (excludes halogenated alkanes) is 4. The smallest absolute Gasteiger partial charge is 0.157 e. The summed E-state index contributed by atoms with van der Waals surface area (Å²) in [5.41, 5.74) is 0.685. The maximum Gasteiger partial charge on any atom is 0.157 e. The predicted molar refractivity (Wildman–Crippen MR) is 68.6 cm³/mol.